The Kier molecular flexibility index (Phi) is 2.91. The van der Waals surface area contributed by atoms with Crippen LogP contribution < -0.4 is 10.1 Å². The van der Waals surface area contributed by atoms with Crippen LogP contribution in [0.25, 0.3) is 0 Å². The van der Waals surface area contributed by atoms with Crippen LogP contribution in [0, 0.1) is 5.82 Å². The Morgan fingerprint density at radius 3 is 3.17 bits per heavy atom. The van der Waals surface area contributed by atoms with Crippen LogP contribution in [-0.2, 0) is 11.3 Å². The molecule has 3 rings (SSSR count). The molecule has 0 bridgehead atoms. The summed E-state index contributed by atoms with van der Waals surface area (Å²) in [6.45, 7) is 1.99. The SMILES string of the molecule is O=C(NCC1CCCO1)c1nn2c(c1F)OCC2. The van der Waals surface area contributed by atoms with E-state index in [2.05, 4.69) is 10.4 Å². The zero-order valence-corrected chi connectivity index (χ0v) is 9.82. The molecule has 3 heterocycles. The quantitative estimate of drug-likeness (QED) is 0.845. The standard InChI is InChI=1S/C11H14FN3O3/c12-8-9(14-15-3-5-18-11(8)15)10(16)13-6-7-2-1-4-17-7/h7H,1-6H2,(H,13,16). The summed E-state index contributed by atoms with van der Waals surface area (Å²) < 4.78 is 25.6. The molecule has 6 nitrogen and oxygen atoms in total. The second kappa shape index (κ2) is 4.56. The van der Waals surface area contributed by atoms with Crippen molar-refractivity contribution in [2.75, 3.05) is 19.8 Å². The third-order valence-corrected chi connectivity index (χ3v) is 3.12. The average molecular weight is 255 g/mol. The molecule has 1 saturated heterocycles. The summed E-state index contributed by atoms with van der Waals surface area (Å²) in [4.78, 5) is 11.8. The third kappa shape index (κ3) is 1.94. The van der Waals surface area contributed by atoms with E-state index < -0.39 is 11.7 Å². The first-order valence-electron chi connectivity index (χ1n) is 6.04. The highest BCUT2D eigenvalue weighted by Crippen LogP contribution is 2.24. The topological polar surface area (TPSA) is 65.4 Å². The van der Waals surface area contributed by atoms with Gasteiger partial charge in [-0.15, -0.1) is 0 Å². The number of aromatic nitrogens is 2. The first-order chi connectivity index (χ1) is 8.75. The number of hydrogen-bond donors (Lipinski definition) is 1. The van der Waals surface area contributed by atoms with Crippen LogP contribution in [0.15, 0.2) is 0 Å². The highest BCUT2D eigenvalue weighted by molar-refractivity contribution is 5.92. The smallest absolute Gasteiger partial charge is 0.275 e. The van der Waals surface area contributed by atoms with Gasteiger partial charge in [-0.3, -0.25) is 4.79 Å². The van der Waals surface area contributed by atoms with Gasteiger partial charge in [0.25, 0.3) is 5.91 Å². The molecule has 1 atom stereocenters. The van der Waals surface area contributed by atoms with Crippen molar-refractivity contribution < 1.29 is 18.7 Å². The molecule has 0 aliphatic carbocycles. The Morgan fingerprint density at radius 2 is 2.44 bits per heavy atom. The largest absolute Gasteiger partial charge is 0.474 e. The minimum absolute atomic E-state index is 0.0303. The number of carbonyl (C=O) groups excluding carboxylic acids is 1. The van der Waals surface area contributed by atoms with E-state index in [4.69, 9.17) is 9.47 Å². The Balaban J connectivity index is 1.65. The molecule has 0 saturated carbocycles. The van der Waals surface area contributed by atoms with Gasteiger partial charge < -0.3 is 14.8 Å². The summed E-state index contributed by atoms with van der Waals surface area (Å²) in [7, 11) is 0. The molecule has 1 N–H and O–H groups in total. The first kappa shape index (κ1) is 11.5. The monoisotopic (exact) mass is 255 g/mol. The van der Waals surface area contributed by atoms with E-state index in [1.54, 1.807) is 0 Å². The number of amides is 1. The molecule has 1 unspecified atom stereocenters. The highest BCUT2D eigenvalue weighted by Gasteiger charge is 2.28. The van der Waals surface area contributed by atoms with Gasteiger partial charge in [-0.25, -0.2) is 4.68 Å². The molecule has 18 heavy (non-hydrogen) atoms. The summed E-state index contributed by atoms with van der Waals surface area (Å²) in [6, 6.07) is 0. The molecule has 2 aliphatic rings. The van der Waals surface area contributed by atoms with Crippen LogP contribution in [0.1, 0.15) is 23.3 Å². The van der Waals surface area contributed by atoms with Crippen LogP contribution in [0.4, 0.5) is 4.39 Å². The molecule has 0 radical (unpaired) electrons. The summed E-state index contributed by atoms with van der Waals surface area (Å²) in [5.41, 5.74) is -0.206. The molecule has 1 amide bonds. The number of carbonyl (C=O) groups is 1. The van der Waals surface area contributed by atoms with Crippen LogP contribution >= 0.6 is 0 Å². The highest BCUT2D eigenvalue weighted by atomic mass is 19.1. The van der Waals surface area contributed by atoms with Crippen molar-refractivity contribution in [2.24, 2.45) is 0 Å². The van der Waals surface area contributed by atoms with Crippen molar-refractivity contribution in [1.82, 2.24) is 15.1 Å². The van der Waals surface area contributed by atoms with Crippen molar-refractivity contribution in [2.45, 2.75) is 25.5 Å². The van der Waals surface area contributed by atoms with Gasteiger partial charge >= 0.3 is 0 Å². The molecule has 98 valence electrons. The molecular formula is C11H14FN3O3. The number of ether oxygens (including phenoxy) is 2. The number of rotatable bonds is 3. The first-order valence-corrected chi connectivity index (χ1v) is 6.04. The summed E-state index contributed by atoms with van der Waals surface area (Å²) in [5, 5.41) is 6.53. The molecule has 0 spiro atoms. The number of halogens is 1. The van der Waals surface area contributed by atoms with E-state index in [1.807, 2.05) is 0 Å². The number of fused-ring (bicyclic) bond motifs is 1. The number of hydrogen-bond acceptors (Lipinski definition) is 4. The van der Waals surface area contributed by atoms with Gasteiger partial charge in [0.15, 0.2) is 5.69 Å². The molecule has 0 aromatic carbocycles. The van der Waals surface area contributed by atoms with Crippen molar-refractivity contribution in [3.63, 3.8) is 0 Å². The van der Waals surface area contributed by atoms with E-state index >= 15 is 0 Å². The van der Waals surface area contributed by atoms with Gasteiger partial charge in [-0.05, 0) is 12.8 Å². The van der Waals surface area contributed by atoms with Gasteiger partial charge in [0, 0.05) is 13.2 Å². The molecule has 1 fully saturated rings. The van der Waals surface area contributed by atoms with E-state index in [1.165, 1.54) is 4.68 Å². The zero-order chi connectivity index (χ0) is 12.5. The van der Waals surface area contributed by atoms with Gasteiger partial charge in [-0.2, -0.15) is 9.49 Å². The van der Waals surface area contributed by atoms with Gasteiger partial charge in [-0.1, -0.05) is 0 Å². The predicted molar refractivity (Wildman–Crippen MR) is 59.0 cm³/mol. The van der Waals surface area contributed by atoms with Gasteiger partial charge in [0.05, 0.1) is 12.6 Å². The second-order valence-corrected chi connectivity index (χ2v) is 4.38. The predicted octanol–water partition coefficient (Wildman–Crippen LogP) is 0.323. The van der Waals surface area contributed by atoms with Crippen molar-refractivity contribution in [3.05, 3.63) is 11.5 Å². The van der Waals surface area contributed by atoms with Crippen LogP contribution in [0.2, 0.25) is 0 Å². The lowest BCUT2D eigenvalue weighted by molar-refractivity contribution is 0.0849. The number of nitrogens with zero attached hydrogens (tertiary/aromatic N) is 2. The average Bonchev–Trinajstić information content (AvgIpc) is 3.05. The summed E-state index contributed by atoms with van der Waals surface area (Å²) in [5.74, 6) is -1.15. The van der Waals surface area contributed by atoms with E-state index in [9.17, 15) is 9.18 Å². The van der Waals surface area contributed by atoms with Crippen molar-refractivity contribution in [3.8, 4) is 5.88 Å². The van der Waals surface area contributed by atoms with Gasteiger partial charge in [0.2, 0.25) is 11.7 Å². The van der Waals surface area contributed by atoms with Crippen molar-refractivity contribution >= 4 is 5.91 Å². The minimum Gasteiger partial charge on any atom is -0.474 e. The second-order valence-electron chi connectivity index (χ2n) is 4.38. The lowest BCUT2D eigenvalue weighted by Gasteiger charge is -2.09. The van der Waals surface area contributed by atoms with E-state index in [0.717, 1.165) is 19.4 Å². The Bertz CT molecular complexity index is 468. The molecular weight excluding hydrogens is 241 g/mol. The van der Waals surface area contributed by atoms with E-state index in [-0.39, 0.29) is 17.7 Å². The molecule has 2 aliphatic heterocycles. The van der Waals surface area contributed by atoms with Crippen LogP contribution in [-0.4, -0.2) is 41.6 Å². The lowest BCUT2D eigenvalue weighted by atomic mass is 10.2. The Hall–Kier alpha value is -1.63. The summed E-state index contributed by atoms with van der Waals surface area (Å²) >= 11 is 0. The number of nitrogens with one attached hydrogen (secondary N) is 1. The maximum atomic E-state index is 13.8. The van der Waals surface area contributed by atoms with Crippen LogP contribution in [0.3, 0.4) is 0 Å². The van der Waals surface area contributed by atoms with Gasteiger partial charge in [0.1, 0.15) is 6.61 Å². The van der Waals surface area contributed by atoms with E-state index in [0.29, 0.717) is 19.7 Å². The fourth-order valence-corrected chi connectivity index (χ4v) is 2.18. The summed E-state index contributed by atoms with van der Waals surface area (Å²) in [6.07, 6.45) is 1.95. The molecule has 1 aromatic rings. The third-order valence-electron chi connectivity index (χ3n) is 3.12. The normalized spacial score (nSPS) is 21.7. The fraction of sp³-hybridized carbons (Fsp3) is 0.636. The fourth-order valence-electron chi connectivity index (χ4n) is 2.18. The molecule has 7 heteroatoms. The minimum atomic E-state index is -0.683. The Labute approximate surface area is 103 Å². The zero-order valence-electron chi connectivity index (χ0n) is 9.82. The van der Waals surface area contributed by atoms with Crippen molar-refractivity contribution in [1.29, 1.82) is 0 Å². The lowest BCUT2D eigenvalue weighted by Crippen LogP contribution is -2.32. The molecule has 1 aromatic heterocycles. The maximum absolute atomic E-state index is 13.8. The van der Waals surface area contributed by atoms with Crippen LogP contribution in [0.5, 0.6) is 5.88 Å². The Morgan fingerprint density at radius 1 is 1.56 bits per heavy atom. The maximum Gasteiger partial charge on any atom is 0.275 e.